The smallest absolute Gasteiger partial charge is 0.321 e. The maximum absolute atomic E-state index is 13.2. The van der Waals surface area contributed by atoms with Crippen LogP contribution in [0.4, 0.5) is 4.79 Å². The number of likely N-dealkylation sites (tertiary alicyclic amines) is 1. The first-order valence-electron chi connectivity index (χ1n) is 10.2. The zero-order chi connectivity index (χ0) is 21.2. The van der Waals surface area contributed by atoms with Gasteiger partial charge in [0.2, 0.25) is 5.91 Å². The Morgan fingerprint density at radius 2 is 2.00 bits per heavy atom. The van der Waals surface area contributed by atoms with Gasteiger partial charge < -0.3 is 25.4 Å². The number of aliphatic hydroxyl groups is 1. The molecule has 7 nitrogen and oxygen atoms in total. The number of hydrogen-bond acceptors (Lipinski definition) is 4. The molecule has 0 bridgehead atoms. The highest BCUT2D eigenvalue weighted by Crippen LogP contribution is 2.22. The van der Waals surface area contributed by atoms with E-state index in [4.69, 9.17) is 10.5 Å². The zero-order valence-corrected chi connectivity index (χ0v) is 17.4. The molecule has 1 aromatic rings. The summed E-state index contributed by atoms with van der Waals surface area (Å²) in [5, 5.41) is 9.95. The van der Waals surface area contributed by atoms with E-state index in [2.05, 4.69) is 6.08 Å². The predicted octanol–water partition coefficient (Wildman–Crippen LogP) is 2.67. The first-order valence-corrected chi connectivity index (χ1v) is 10.2. The number of nitrogens with two attached hydrogens (primary N) is 1. The lowest BCUT2D eigenvalue weighted by atomic mass is 10.1. The van der Waals surface area contributed by atoms with E-state index < -0.39 is 18.1 Å². The number of unbranched alkanes of at least 4 members (excludes halogenated alkanes) is 3. The summed E-state index contributed by atoms with van der Waals surface area (Å²) in [7, 11) is 1.61. The van der Waals surface area contributed by atoms with E-state index in [1.807, 2.05) is 37.3 Å². The van der Waals surface area contributed by atoms with Crippen LogP contribution in [-0.4, -0.2) is 59.2 Å². The summed E-state index contributed by atoms with van der Waals surface area (Å²) in [4.78, 5) is 28.1. The first kappa shape index (κ1) is 22.7. The SMILES string of the molecule is C/C=C\CCCCCN(Cc1ccc(OC)cc1)C(=O)N1CC(O)C[C@H]1C(N)=O. The third-order valence-electron chi connectivity index (χ3n) is 5.19. The van der Waals surface area contributed by atoms with Crippen LogP contribution in [0, 0.1) is 0 Å². The maximum Gasteiger partial charge on any atom is 0.321 e. The summed E-state index contributed by atoms with van der Waals surface area (Å²) >= 11 is 0. The average molecular weight is 404 g/mol. The molecule has 1 saturated heterocycles. The number of benzene rings is 1. The topological polar surface area (TPSA) is 96.1 Å². The Morgan fingerprint density at radius 3 is 2.62 bits per heavy atom. The second-order valence-corrected chi connectivity index (χ2v) is 7.43. The molecule has 0 radical (unpaired) electrons. The van der Waals surface area contributed by atoms with Crippen molar-refractivity contribution in [1.82, 2.24) is 9.80 Å². The van der Waals surface area contributed by atoms with Crippen LogP contribution in [0.1, 0.15) is 44.6 Å². The van der Waals surface area contributed by atoms with Crippen molar-refractivity contribution in [3.05, 3.63) is 42.0 Å². The highest BCUT2D eigenvalue weighted by Gasteiger charge is 2.39. The van der Waals surface area contributed by atoms with Gasteiger partial charge in [0.05, 0.1) is 13.2 Å². The highest BCUT2D eigenvalue weighted by atomic mass is 16.5. The number of rotatable bonds is 10. The van der Waals surface area contributed by atoms with E-state index in [0.717, 1.165) is 37.0 Å². The molecule has 0 aromatic heterocycles. The van der Waals surface area contributed by atoms with Crippen LogP contribution in [0.5, 0.6) is 5.75 Å². The van der Waals surface area contributed by atoms with Gasteiger partial charge in [0.25, 0.3) is 0 Å². The largest absolute Gasteiger partial charge is 0.497 e. The molecule has 1 fully saturated rings. The molecule has 7 heteroatoms. The van der Waals surface area contributed by atoms with Crippen molar-refractivity contribution in [2.24, 2.45) is 5.73 Å². The Labute approximate surface area is 173 Å². The van der Waals surface area contributed by atoms with Gasteiger partial charge in [-0.3, -0.25) is 4.79 Å². The Morgan fingerprint density at radius 1 is 1.28 bits per heavy atom. The molecule has 2 rings (SSSR count). The van der Waals surface area contributed by atoms with Crippen molar-refractivity contribution in [3.8, 4) is 5.75 Å². The van der Waals surface area contributed by atoms with Crippen LogP contribution >= 0.6 is 0 Å². The highest BCUT2D eigenvalue weighted by molar-refractivity contribution is 5.86. The summed E-state index contributed by atoms with van der Waals surface area (Å²) in [5.41, 5.74) is 6.43. The van der Waals surface area contributed by atoms with Crippen LogP contribution in [-0.2, 0) is 11.3 Å². The van der Waals surface area contributed by atoms with Gasteiger partial charge in [-0.15, -0.1) is 0 Å². The first-order chi connectivity index (χ1) is 14.0. The summed E-state index contributed by atoms with van der Waals surface area (Å²) in [6.45, 7) is 3.15. The number of carbonyl (C=O) groups excluding carboxylic acids is 2. The van der Waals surface area contributed by atoms with Crippen molar-refractivity contribution in [2.45, 2.75) is 57.7 Å². The Balaban J connectivity index is 2.07. The number of urea groups is 1. The minimum absolute atomic E-state index is 0.132. The standard InChI is InChI=1S/C22H33N3O4/c1-3-4-5-6-7-8-13-24(15-17-9-11-19(29-2)12-10-17)22(28)25-16-18(26)14-20(25)21(23)27/h3-4,9-12,18,20,26H,5-8,13-16H2,1-2H3,(H2,23,27)/b4-3-/t18?,20-/m0/s1. The molecule has 29 heavy (non-hydrogen) atoms. The van der Waals surface area contributed by atoms with E-state index in [-0.39, 0.29) is 19.0 Å². The molecule has 0 aliphatic carbocycles. The molecule has 3 amide bonds. The fourth-order valence-corrected chi connectivity index (χ4v) is 3.58. The van der Waals surface area contributed by atoms with Crippen molar-refractivity contribution >= 4 is 11.9 Å². The molecule has 1 aromatic carbocycles. The monoisotopic (exact) mass is 403 g/mol. The second kappa shape index (κ2) is 11.5. The molecule has 1 heterocycles. The van der Waals surface area contributed by atoms with Gasteiger partial charge in [0.1, 0.15) is 11.8 Å². The second-order valence-electron chi connectivity index (χ2n) is 7.43. The Hall–Kier alpha value is -2.54. The molecule has 0 saturated carbocycles. The summed E-state index contributed by atoms with van der Waals surface area (Å²) in [6.07, 6.45) is 7.65. The number of β-amino-alcohol motifs (C(OH)–C–C–N with tert-alkyl or cyclic N) is 1. The molecule has 3 N–H and O–H groups in total. The normalized spacial score (nSPS) is 18.9. The van der Waals surface area contributed by atoms with Gasteiger partial charge in [0, 0.05) is 26.1 Å². The molecule has 1 unspecified atom stereocenters. The molecule has 160 valence electrons. The number of primary amides is 1. The summed E-state index contributed by atoms with van der Waals surface area (Å²) in [6, 6.07) is 6.56. The van der Waals surface area contributed by atoms with Gasteiger partial charge in [0.15, 0.2) is 0 Å². The lowest BCUT2D eigenvalue weighted by Gasteiger charge is -2.31. The van der Waals surface area contributed by atoms with Crippen molar-refractivity contribution in [2.75, 3.05) is 20.2 Å². The Bertz CT molecular complexity index is 690. The van der Waals surface area contributed by atoms with Crippen LogP contribution in [0.2, 0.25) is 0 Å². The summed E-state index contributed by atoms with van der Waals surface area (Å²) in [5.74, 6) is 0.178. The number of aliphatic hydroxyl groups excluding tert-OH is 1. The van der Waals surface area contributed by atoms with Crippen LogP contribution in [0.15, 0.2) is 36.4 Å². The molecular weight excluding hydrogens is 370 g/mol. The van der Waals surface area contributed by atoms with E-state index in [1.54, 1.807) is 12.0 Å². The number of nitrogens with zero attached hydrogens (tertiary/aromatic N) is 2. The van der Waals surface area contributed by atoms with Crippen molar-refractivity contribution in [1.29, 1.82) is 0 Å². The molecule has 1 aliphatic rings. The fourth-order valence-electron chi connectivity index (χ4n) is 3.58. The predicted molar refractivity (Wildman–Crippen MR) is 112 cm³/mol. The number of hydrogen-bond donors (Lipinski definition) is 2. The fraction of sp³-hybridized carbons (Fsp3) is 0.545. The number of amides is 3. The van der Waals surface area contributed by atoms with E-state index in [1.165, 1.54) is 4.90 Å². The van der Waals surface area contributed by atoms with E-state index in [9.17, 15) is 14.7 Å². The van der Waals surface area contributed by atoms with Crippen LogP contribution in [0.25, 0.3) is 0 Å². The van der Waals surface area contributed by atoms with Crippen LogP contribution < -0.4 is 10.5 Å². The van der Waals surface area contributed by atoms with Crippen LogP contribution in [0.3, 0.4) is 0 Å². The lowest BCUT2D eigenvalue weighted by Crippen LogP contribution is -2.49. The Kier molecular flexibility index (Phi) is 8.99. The minimum atomic E-state index is -0.759. The van der Waals surface area contributed by atoms with E-state index in [0.29, 0.717) is 13.1 Å². The molecule has 2 atom stereocenters. The van der Waals surface area contributed by atoms with Crippen molar-refractivity contribution in [3.63, 3.8) is 0 Å². The van der Waals surface area contributed by atoms with Gasteiger partial charge in [-0.2, -0.15) is 0 Å². The van der Waals surface area contributed by atoms with Gasteiger partial charge in [-0.05, 0) is 43.9 Å². The molecular formula is C22H33N3O4. The maximum atomic E-state index is 13.2. The van der Waals surface area contributed by atoms with Gasteiger partial charge in [-0.1, -0.05) is 30.7 Å². The average Bonchev–Trinajstić information content (AvgIpc) is 3.11. The third-order valence-corrected chi connectivity index (χ3v) is 5.19. The lowest BCUT2D eigenvalue weighted by molar-refractivity contribution is -0.121. The molecule has 1 aliphatic heterocycles. The van der Waals surface area contributed by atoms with Gasteiger partial charge in [-0.25, -0.2) is 4.79 Å². The number of methoxy groups -OCH3 is 1. The minimum Gasteiger partial charge on any atom is -0.497 e. The molecule has 0 spiro atoms. The van der Waals surface area contributed by atoms with Gasteiger partial charge >= 0.3 is 6.03 Å². The number of ether oxygens (including phenoxy) is 1. The quantitative estimate of drug-likeness (QED) is 0.464. The van der Waals surface area contributed by atoms with Crippen molar-refractivity contribution < 1.29 is 19.4 Å². The summed E-state index contributed by atoms with van der Waals surface area (Å²) < 4.78 is 5.19. The number of carbonyl (C=O) groups is 2. The van der Waals surface area contributed by atoms with E-state index >= 15 is 0 Å². The third kappa shape index (κ3) is 6.78. The zero-order valence-electron chi connectivity index (χ0n) is 17.4. The number of allylic oxidation sites excluding steroid dienone is 2.